The second-order valence-corrected chi connectivity index (χ2v) is 4.59. The largest absolute Gasteiger partial charge is 0.493 e. The smallest absolute Gasteiger partial charge is 0.162 e. The first kappa shape index (κ1) is 13.3. The van der Waals surface area contributed by atoms with Gasteiger partial charge in [-0.25, -0.2) is 9.97 Å². The number of rotatable bonds is 3. The predicted octanol–water partition coefficient (Wildman–Crippen LogP) is 3.02. The number of aromatic nitrogens is 3. The number of fused-ring (bicyclic) bond motifs is 1. The fraction of sp³-hybridized carbons (Fsp3) is 0.188. The van der Waals surface area contributed by atoms with Gasteiger partial charge in [0, 0.05) is 29.4 Å². The molecule has 0 amide bonds. The minimum atomic E-state index is 0.653. The molecule has 0 aliphatic carbocycles. The molecule has 0 spiro atoms. The van der Waals surface area contributed by atoms with Gasteiger partial charge >= 0.3 is 0 Å². The molecule has 106 valence electrons. The van der Waals surface area contributed by atoms with E-state index in [9.17, 15) is 0 Å². The van der Waals surface area contributed by atoms with Crippen LogP contribution in [0.3, 0.4) is 0 Å². The summed E-state index contributed by atoms with van der Waals surface area (Å²) in [5.74, 6) is 2.01. The zero-order valence-electron chi connectivity index (χ0n) is 12.1. The van der Waals surface area contributed by atoms with E-state index >= 15 is 0 Å². The van der Waals surface area contributed by atoms with E-state index in [0.29, 0.717) is 17.3 Å². The van der Waals surface area contributed by atoms with Gasteiger partial charge in [0.1, 0.15) is 5.82 Å². The van der Waals surface area contributed by atoms with Crippen molar-refractivity contribution in [2.24, 2.45) is 0 Å². The molecule has 0 N–H and O–H groups in total. The van der Waals surface area contributed by atoms with E-state index in [1.165, 1.54) is 0 Å². The molecule has 0 unspecified atom stereocenters. The summed E-state index contributed by atoms with van der Waals surface area (Å²) < 4.78 is 10.7. The Kier molecular flexibility index (Phi) is 3.39. The van der Waals surface area contributed by atoms with E-state index in [4.69, 9.17) is 9.47 Å². The van der Waals surface area contributed by atoms with Gasteiger partial charge in [-0.1, -0.05) is 0 Å². The Balaban J connectivity index is 2.34. The average molecular weight is 281 g/mol. The van der Waals surface area contributed by atoms with Gasteiger partial charge in [0.25, 0.3) is 0 Å². The number of methoxy groups -OCH3 is 2. The highest BCUT2D eigenvalue weighted by atomic mass is 16.5. The van der Waals surface area contributed by atoms with Gasteiger partial charge in [0.2, 0.25) is 0 Å². The van der Waals surface area contributed by atoms with Crippen molar-refractivity contribution in [1.29, 1.82) is 0 Å². The normalized spacial score (nSPS) is 10.6. The lowest BCUT2D eigenvalue weighted by molar-refractivity contribution is 0.356. The van der Waals surface area contributed by atoms with E-state index < -0.39 is 0 Å². The maximum Gasteiger partial charge on any atom is 0.162 e. The fourth-order valence-electron chi connectivity index (χ4n) is 2.29. The first-order valence-electron chi connectivity index (χ1n) is 6.53. The highest BCUT2D eigenvalue weighted by molar-refractivity contribution is 5.94. The Bertz CT molecular complexity index is 788. The summed E-state index contributed by atoms with van der Waals surface area (Å²) in [6.07, 6.45) is 3.53. The molecule has 3 aromatic rings. The zero-order chi connectivity index (χ0) is 14.8. The van der Waals surface area contributed by atoms with E-state index in [-0.39, 0.29) is 0 Å². The zero-order valence-corrected chi connectivity index (χ0v) is 12.1. The van der Waals surface area contributed by atoms with Crippen molar-refractivity contribution in [1.82, 2.24) is 15.0 Å². The van der Waals surface area contributed by atoms with E-state index in [0.717, 1.165) is 22.2 Å². The standard InChI is InChI=1S/C16H15N3O2/c1-10-18-13-8-15(21-3)14(20-2)7-12(13)16(19-10)11-5-4-6-17-9-11/h4-9H,1-3H3. The van der Waals surface area contributed by atoms with Crippen LogP contribution >= 0.6 is 0 Å². The van der Waals surface area contributed by atoms with Gasteiger partial charge in [-0.2, -0.15) is 0 Å². The molecule has 0 atom stereocenters. The van der Waals surface area contributed by atoms with E-state index in [1.54, 1.807) is 26.6 Å². The fourth-order valence-corrected chi connectivity index (χ4v) is 2.29. The molecule has 3 rings (SSSR count). The van der Waals surface area contributed by atoms with Crippen LogP contribution in [-0.4, -0.2) is 29.2 Å². The third kappa shape index (κ3) is 2.38. The van der Waals surface area contributed by atoms with Crippen molar-refractivity contribution in [2.75, 3.05) is 14.2 Å². The molecular weight excluding hydrogens is 266 g/mol. The average Bonchev–Trinajstić information content (AvgIpc) is 2.53. The molecule has 0 aliphatic rings. The number of pyridine rings is 1. The molecule has 2 aromatic heterocycles. The number of nitrogens with zero attached hydrogens (tertiary/aromatic N) is 3. The summed E-state index contributed by atoms with van der Waals surface area (Å²) in [5, 5.41) is 0.909. The quantitative estimate of drug-likeness (QED) is 0.738. The van der Waals surface area contributed by atoms with E-state index in [1.807, 2.05) is 31.2 Å². The first-order valence-corrected chi connectivity index (χ1v) is 6.53. The molecule has 2 heterocycles. The van der Waals surface area contributed by atoms with Crippen LogP contribution < -0.4 is 9.47 Å². The first-order chi connectivity index (χ1) is 10.2. The Morgan fingerprint density at radius 2 is 1.76 bits per heavy atom. The third-order valence-corrected chi connectivity index (χ3v) is 3.25. The van der Waals surface area contributed by atoms with Crippen LogP contribution in [0.15, 0.2) is 36.7 Å². The van der Waals surface area contributed by atoms with Crippen LogP contribution in [0, 0.1) is 6.92 Å². The van der Waals surface area contributed by atoms with Gasteiger partial charge in [0.15, 0.2) is 11.5 Å². The van der Waals surface area contributed by atoms with Gasteiger partial charge in [-0.3, -0.25) is 4.98 Å². The van der Waals surface area contributed by atoms with Crippen molar-refractivity contribution in [3.05, 3.63) is 42.5 Å². The van der Waals surface area contributed by atoms with Crippen molar-refractivity contribution in [3.8, 4) is 22.8 Å². The number of aryl methyl sites for hydroxylation is 1. The Hall–Kier alpha value is -2.69. The van der Waals surface area contributed by atoms with Gasteiger partial charge < -0.3 is 9.47 Å². The predicted molar refractivity (Wildman–Crippen MR) is 80.6 cm³/mol. The Labute approximate surface area is 122 Å². The number of hydrogen-bond acceptors (Lipinski definition) is 5. The lowest BCUT2D eigenvalue weighted by atomic mass is 10.1. The monoisotopic (exact) mass is 281 g/mol. The molecule has 0 saturated heterocycles. The lowest BCUT2D eigenvalue weighted by Crippen LogP contribution is -1.97. The van der Waals surface area contributed by atoms with Crippen LogP contribution in [0.25, 0.3) is 22.2 Å². The van der Waals surface area contributed by atoms with Crippen LogP contribution in [0.1, 0.15) is 5.82 Å². The molecular formula is C16H15N3O2. The summed E-state index contributed by atoms with van der Waals surface area (Å²) in [6.45, 7) is 1.87. The van der Waals surface area contributed by atoms with Crippen LogP contribution in [-0.2, 0) is 0 Å². The van der Waals surface area contributed by atoms with Gasteiger partial charge in [0.05, 0.1) is 25.4 Å². The SMILES string of the molecule is COc1cc2nc(C)nc(-c3cccnc3)c2cc1OC. The number of ether oxygens (including phenoxy) is 2. The molecule has 1 aromatic carbocycles. The van der Waals surface area contributed by atoms with Crippen molar-refractivity contribution in [2.45, 2.75) is 6.92 Å². The maximum absolute atomic E-state index is 5.37. The van der Waals surface area contributed by atoms with Crippen LogP contribution in [0.2, 0.25) is 0 Å². The molecule has 5 nitrogen and oxygen atoms in total. The minimum Gasteiger partial charge on any atom is -0.493 e. The number of hydrogen-bond donors (Lipinski definition) is 0. The molecule has 0 radical (unpaired) electrons. The number of benzene rings is 1. The second-order valence-electron chi connectivity index (χ2n) is 4.59. The summed E-state index contributed by atoms with van der Waals surface area (Å²) >= 11 is 0. The third-order valence-electron chi connectivity index (χ3n) is 3.25. The maximum atomic E-state index is 5.37. The van der Waals surface area contributed by atoms with Crippen molar-refractivity contribution >= 4 is 10.9 Å². The van der Waals surface area contributed by atoms with E-state index in [2.05, 4.69) is 15.0 Å². The molecule has 0 bridgehead atoms. The van der Waals surface area contributed by atoms with Crippen molar-refractivity contribution < 1.29 is 9.47 Å². The molecule has 21 heavy (non-hydrogen) atoms. The Morgan fingerprint density at radius 1 is 1.00 bits per heavy atom. The van der Waals surface area contributed by atoms with Gasteiger partial charge in [-0.15, -0.1) is 0 Å². The molecule has 0 fully saturated rings. The van der Waals surface area contributed by atoms with Crippen molar-refractivity contribution in [3.63, 3.8) is 0 Å². The molecule has 5 heteroatoms. The highest BCUT2D eigenvalue weighted by Gasteiger charge is 2.13. The summed E-state index contributed by atoms with van der Waals surface area (Å²) in [4.78, 5) is 13.2. The van der Waals surface area contributed by atoms with Crippen LogP contribution in [0.4, 0.5) is 0 Å². The Morgan fingerprint density at radius 3 is 2.43 bits per heavy atom. The topological polar surface area (TPSA) is 57.1 Å². The second kappa shape index (κ2) is 5.36. The summed E-state index contributed by atoms with van der Waals surface area (Å²) in [7, 11) is 3.22. The lowest BCUT2D eigenvalue weighted by Gasteiger charge is -2.11. The minimum absolute atomic E-state index is 0.653. The summed E-state index contributed by atoms with van der Waals surface area (Å²) in [6, 6.07) is 7.63. The molecule has 0 aliphatic heterocycles. The van der Waals surface area contributed by atoms with Gasteiger partial charge in [-0.05, 0) is 25.1 Å². The molecule has 0 saturated carbocycles. The van der Waals surface area contributed by atoms with Crippen LogP contribution in [0.5, 0.6) is 11.5 Å². The highest BCUT2D eigenvalue weighted by Crippen LogP contribution is 2.35. The summed E-state index contributed by atoms with van der Waals surface area (Å²) in [5.41, 5.74) is 2.60.